The number of hydrogen-bond donors (Lipinski definition) is 3. The van der Waals surface area contributed by atoms with E-state index < -0.39 is 0 Å². The zero-order valence-corrected chi connectivity index (χ0v) is 13.9. The Kier molecular flexibility index (Phi) is 3.53. The second-order valence-electron chi connectivity index (χ2n) is 6.33. The van der Waals surface area contributed by atoms with Crippen LogP contribution < -0.4 is 10.6 Å². The first-order valence-corrected chi connectivity index (χ1v) is 8.98. The maximum Gasteiger partial charge on any atom is 0.256 e. The summed E-state index contributed by atoms with van der Waals surface area (Å²) in [6.07, 6.45) is 4.07. The number of aromatic hydroxyl groups is 1. The highest BCUT2D eigenvalue weighted by molar-refractivity contribution is 7.16. The van der Waals surface area contributed by atoms with Gasteiger partial charge in [0.25, 0.3) is 5.91 Å². The first-order valence-electron chi connectivity index (χ1n) is 8.17. The average Bonchev–Trinajstić information content (AvgIpc) is 2.92. The van der Waals surface area contributed by atoms with Crippen LogP contribution in [-0.2, 0) is 12.8 Å². The zero-order valence-electron chi connectivity index (χ0n) is 13.1. The number of benzene rings is 1. The van der Waals surface area contributed by atoms with Gasteiger partial charge in [0.05, 0.1) is 5.56 Å². The number of phenolic OH excluding ortho intramolecular Hbond substituents is 1. The Morgan fingerprint density at radius 3 is 2.91 bits per heavy atom. The lowest BCUT2D eigenvalue weighted by Gasteiger charge is -2.27. The van der Waals surface area contributed by atoms with Crippen LogP contribution in [0.25, 0.3) is 0 Å². The fourth-order valence-corrected chi connectivity index (χ4v) is 4.99. The van der Waals surface area contributed by atoms with Crippen molar-refractivity contribution in [2.75, 3.05) is 5.32 Å². The number of amides is 1. The molecule has 2 heterocycles. The van der Waals surface area contributed by atoms with E-state index in [2.05, 4.69) is 17.6 Å². The van der Waals surface area contributed by atoms with E-state index in [1.165, 1.54) is 23.3 Å². The highest BCUT2D eigenvalue weighted by atomic mass is 32.1. The molecule has 5 heteroatoms. The maximum atomic E-state index is 12.6. The number of anilines is 1. The molecule has 0 unspecified atom stereocenters. The van der Waals surface area contributed by atoms with Gasteiger partial charge in [0.1, 0.15) is 16.9 Å². The minimum absolute atomic E-state index is 0.0283. The summed E-state index contributed by atoms with van der Waals surface area (Å²) in [7, 11) is 0. The van der Waals surface area contributed by atoms with Gasteiger partial charge >= 0.3 is 0 Å². The number of fused-ring (bicyclic) bond motifs is 3. The molecule has 1 amide bonds. The topological polar surface area (TPSA) is 61.4 Å². The summed E-state index contributed by atoms with van der Waals surface area (Å²) in [6, 6.07) is 7.12. The fourth-order valence-electron chi connectivity index (χ4n) is 3.60. The largest absolute Gasteiger partial charge is 0.508 e. The summed E-state index contributed by atoms with van der Waals surface area (Å²) >= 11 is 1.71. The minimum atomic E-state index is -0.377. The predicted octanol–water partition coefficient (Wildman–Crippen LogP) is 3.82. The molecule has 0 fully saturated rings. The number of para-hydroxylation sites is 1. The van der Waals surface area contributed by atoms with Crippen molar-refractivity contribution in [1.82, 2.24) is 5.32 Å². The monoisotopic (exact) mass is 328 g/mol. The molecule has 1 aliphatic heterocycles. The normalized spacial score (nSPS) is 22.7. The third kappa shape index (κ3) is 2.39. The summed E-state index contributed by atoms with van der Waals surface area (Å²) < 4.78 is 0. The molecule has 120 valence electrons. The van der Waals surface area contributed by atoms with Crippen LogP contribution in [0.1, 0.15) is 52.3 Å². The number of carbonyl (C=O) groups excluding carboxylic acids is 1. The number of hydrogen-bond acceptors (Lipinski definition) is 4. The van der Waals surface area contributed by atoms with E-state index in [1.54, 1.807) is 23.5 Å². The van der Waals surface area contributed by atoms with Gasteiger partial charge in [-0.05, 0) is 36.8 Å². The Hall–Kier alpha value is -2.01. The Balaban J connectivity index is 1.69. The first kappa shape index (κ1) is 14.6. The van der Waals surface area contributed by atoms with E-state index >= 15 is 0 Å². The quantitative estimate of drug-likeness (QED) is 0.785. The van der Waals surface area contributed by atoms with Gasteiger partial charge < -0.3 is 15.7 Å². The molecule has 1 aromatic heterocycles. The Labute approximate surface area is 139 Å². The lowest BCUT2D eigenvalue weighted by molar-refractivity contribution is 0.0935. The second-order valence-corrected chi connectivity index (χ2v) is 7.44. The van der Waals surface area contributed by atoms with Gasteiger partial charge in [-0.15, -0.1) is 11.3 Å². The molecule has 0 bridgehead atoms. The fraction of sp³-hybridized carbons (Fsp3) is 0.389. The summed E-state index contributed by atoms with van der Waals surface area (Å²) in [4.78, 5) is 14.0. The van der Waals surface area contributed by atoms with Crippen molar-refractivity contribution in [2.45, 2.75) is 38.8 Å². The van der Waals surface area contributed by atoms with Gasteiger partial charge in [-0.1, -0.05) is 31.5 Å². The SMILES string of the molecule is CC[C@@H]1CCc2c(sc3c2C(=O)N[C@@H](c2ccccc2O)N3)C1. The van der Waals surface area contributed by atoms with E-state index in [1.807, 2.05) is 12.1 Å². The number of rotatable bonds is 2. The second kappa shape index (κ2) is 5.57. The van der Waals surface area contributed by atoms with Crippen LogP contribution >= 0.6 is 11.3 Å². The van der Waals surface area contributed by atoms with Gasteiger partial charge in [0.15, 0.2) is 0 Å². The van der Waals surface area contributed by atoms with Gasteiger partial charge in [-0.25, -0.2) is 0 Å². The molecule has 0 spiro atoms. The van der Waals surface area contributed by atoms with Crippen molar-refractivity contribution in [3.8, 4) is 5.75 Å². The van der Waals surface area contributed by atoms with Crippen LogP contribution in [0.5, 0.6) is 5.75 Å². The van der Waals surface area contributed by atoms with Gasteiger partial charge in [0, 0.05) is 10.4 Å². The van der Waals surface area contributed by atoms with Crippen LogP contribution in [0.2, 0.25) is 0 Å². The molecular formula is C18H20N2O2S. The maximum absolute atomic E-state index is 12.6. The molecule has 1 aromatic carbocycles. The standard InChI is InChI=1S/C18H20N2O2S/c1-2-10-7-8-12-14(9-10)23-18-15(12)17(22)19-16(20-18)11-5-3-4-6-13(11)21/h3-6,10,16,20-21H,2,7-9H2,1H3,(H,19,22)/t10-,16-/m1/s1. The van der Waals surface area contributed by atoms with Crippen LogP contribution in [-0.4, -0.2) is 11.0 Å². The molecule has 0 saturated carbocycles. The lowest BCUT2D eigenvalue weighted by atomic mass is 9.85. The summed E-state index contributed by atoms with van der Waals surface area (Å²) in [6.45, 7) is 2.24. The molecule has 4 rings (SSSR count). The highest BCUT2D eigenvalue weighted by Gasteiger charge is 2.34. The van der Waals surface area contributed by atoms with Crippen LogP contribution in [0, 0.1) is 5.92 Å². The van der Waals surface area contributed by atoms with Gasteiger partial charge in [-0.3, -0.25) is 4.79 Å². The molecule has 23 heavy (non-hydrogen) atoms. The number of thiophene rings is 1. The van der Waals surface area contributed by atoms with Crippen LogP contribution in [0.15, 0.2) is 24.3 Å². The minimum Gasteiger partial charge on any atom is -0.508 e. The van der Waals surface area contributed by atoms with Gasteiger partial charge in [-0.2, -0.15) is 0 Å². The number of nitrogens with one attached hydrogen (secondary N) is 2. The van der Waals surface area contributed by atoms with Crippen molar-refractivity contribution in [3.05, 3.63) is 45.8 Å². The molecule has 1 aliphatic carbocycles. The molecule has 0 saturated heterocycles. The van der Waals surface area contributed by atoms with Crippen LogP contribution in [0.3, 0.4) is 0 Å². The Morgan fingerprint density at radius 2 is 2.13 bits per heavy atom. The van der Waals surface area contributed by atoms with Gasteiger partial charge in [0.2, 0.25) is 0 Å². The molecule has 2 atom stereocenters. The third-order valence-electron chi connectivity index (χ3n) is 4.97. The summed E-state index contributed by atoms with van der Waals surface area (Å²) in [5.74, 6) is 0.903. The lowest BCUT2D eigenvalue weighted by Crippen LogP contribution is -2.38. The van der Waals surface area contributed by atoms with E-state index in [4.69, 9.17) is 0 Å². The summed E-state index contributed by atoms with van der Waals surface area (Å²) in [5, 5.41) is 17.4. The molecule has 2 aromatic rings. The van der Waals surface area contributed by atoms with Crippen molar-refractivity contribution >= 4 is 22.2 Å². The summed E-state index contributed by atoms with van der Waals surface area (Å²) in [5.41, 5.74) is 2.76. The van der Waals surface area contributed by atoms with E-state index in [0.29, 0.717) is 5.56 Å². The van der Waals surface area contributed by atoms with Crippen molar-refractivity contribution in [1.29, 1.82) is 0 Å². The predicted molar refractivity (Wildman–Crippen MR) is 92.1 cm³/mol. The van der Waals surface area contributed by atoms with Crippen molar-refractivity contribution < 1.29 is 9.90 Å². The Bertz CT molecular complexity index is 768. The molecule has 2 aliphatic rings. The number of phenols is 1. The smallest absolute Gasteiger partial charge is 0.256 e. The van der Waals surface area contributed by atoms with Crippen molar-refractivity contribution in [2.24, 2.45) is 5.92 Å². The average molecular weight is 328 g/mol. The van der Waals surface area contributed by atoms with Crippen LogP contribution in [0.4, 0.5) is 5.00 Å². The molecular weight excluding hydrogens is 308 g/mol. The van der Waals surface area contributed by atoms with Crippen molar-refractivity contribution in [3.63, 3.8) is 0 Å². The highest BCUT2D eigenvalue weighted by Crippen LogP contribution is 2.43. The molecule has 4 nitrogen and oxygen atoms in total. The first-order chi connectivity index (χ1) is 11.2. The third-order valence-corrected chi connectivity index (χ3v) is 6.16. The molecule has 0 radical (unpaired) electrons. The van der Waals surface area contributed by atoms with E-state index in [0.717, 1.165) is 29.3 Å². The zero-order chi connectivity index (χ0) is 16.0. The van der Waals surface area contributed by atoms with E-state index in [-0.39, 0.29) is 17.8 Å². The molecule has 3 N–H and O–H groups in total. The Morgan fingerprint density at radius 1 is 1.30 bits per heavy atom. The van der Waals surface area contributed by atoms with E-state index in [9.17, 15) is 9.90 Å². The number of carbonyl (C=O) groups is 1.